The highest BCUT2D eigenvalue weighted by atomic mass is 19.3. The van der Waals surface area contributed by atoms with Crippen LogP contribution in [0.4, 0.5) is 13.2 Å². The van der Waals surface area contributed by atoms with Gasteiger partial charge in [-0.25, -0.2) is 4.39 Å². The summed E-state index contributed by atoms with van der Waals surface area (Å²) >= 11 is 0. The number of halogens is 3. The van der Waals surface area contributed by atoms with Gasteiger partial charge in [0.1, 0.15) is 5.75 Å². The normalized spacial score (nSPS) is 11.4. The van der Waals surface area contributed by atoms with E-state index in [0.29, 0.717) is 16.6 Å². The summed E-state index contributed by atoms with van der Waals surface area (Å²) in [6, 6.07) is 7.18. The van der Waals surface area contributed by atoms with Crippen molar-refractivity contribution in [3.63, 3.8) is 0 Å². The van der Waals surface area contributed by atoms with Crippen LogP contribution in [0.3, 0.4) is 0 Å². The summed E-state index contributed by atoms with van der Waals surface area (Å²) in [7, 11) is 0. The second-order valence-corrected chi connectivity index (χ2v) is 7.33. The van der Waals surface area contributed by atoms with Gasteiger partial charge in [-0.3, -0.25) is 14.2 Å². The second kappa shape index (κ2) is 8.71. The van der Waals surface area contributed by atoms with Gasteiger partial charge in [-0.05, 0) is 56.7 Å². The third kappa shape index (κ3) is 4.65. The molecule has 2 aromatic carbocycles. The maximum absolute atomic E-state index is 14.1. The molecule has 9 heteroatoms. The van der Waals surface area contributed by atoms with Gasteiger partial charge in [0.05, 0.1) is 11.9 Å². The Hall–Kier alpha value is -3.49. The molecule has 0 atom stereocenters. The molecule has 0 bridgehead atoms. The molecule has 0 aliphatic rings. The van der Waals surface area contributed by atoms with Crippen LogP contribution < -0.4 is 10.1 Å². The van der Waals surface area contributed by atoms with Gasteiger partial charge in [-0.1, -0.05) is 0 Å². The Balaban J connectivity index is 2.09. The van der Waals surface area contributed by atoms with E-state index in [1.54, 1.807) is 20.8 Å². The Labute approximate surface area is 176 Å². The first-order valence-electron chi connectivity index (χ1n) is 9.49. The van der Waals surface area contributed by atoms with Crippen LogP contribution in [-0.2, 0) is 11.2 Å². The predicted octanol–water partition coefficient (Wildman–Crippen LogP) is 4.15. The minimum Gasteiger partial charge on any atom is -0.505 e. The highest BCUT2D eigenvalue weighted by Gasteiger charge is 2.23. The molecule has 2 N–H and O–H groups in total. The maximum Gasteiger partial charge on any atom is 0.387 e. The number of ether oxygens (including phenoxy) is 1. The Kier molecular flexibility index (Phi) is 6.24. The molecule has 1 heterocycles. The minimum atomic E-state index is -2.99. The molecular formula is C22H21F3N2O4. The highest BCUT2D eigenvalue weighted by Crippen LogP contribution is 2.32. The van der Waals surface area contributed by atoms with E-state index in [4.69, 9.17) is 0 Å². The molecule has 1 aromatic heterocycles. The fourth-order valence-corrected chi connectivity index (χ4v) is 3.42. The van der Waals surface area contributed by atoms with Crippen molar-refractivity contribution in [1.29, 1.82) is 0 Å². The highest BCUT2D eigenvalue weighted by molar-refractivity contribution is 6.05. The first kappa shape index (κ1) is 22.2. The Bertz CT molecular complexity index is 1140. The zero-order valence-electron chi connectivity index (χ0n) is 17.1. The van der Waals surface area contributed by atoms with Crippen LogP contribution in [-0.4, -0.2) is 34.1 Å². The number of phenols is 1. The lowest BCUT2D eigenvalue weighted by Crippen LogP contribution is -2.31. The summed E-state index contributed by atoms with van der Waals surface area (Å²) in [5, 5.41) is 13.0. The summed E-state index contributed by atoms with van der Waals surface area (Å²) in [5.74, 6) is -2.47. The number of alkyl halides is 2. The van der Waals surface area contributed by atoms with Crippen molar-refractivity contribution in [3.05, 3.63) is 59.0 Å². The predicted molar refractivity (Wildman–Crippen MR) is 108 cm³/mol. The van der Waals surface area contributed by atoms with Gasteiger partial charge < -0.3 is 15.2 Å². The number of hydrogen-bond acceptors (Lipinski definition) is 4. The minimum absolute atomic E-state index is 0.0764. The molecule has 164 valence electrons. The molecule has 0 radical (unpaired) electrons. The molecule has 0 aliphatic heterocycles. The van der Waals surface area contributed by atoms with Crippen LogP contribution in [0.25, 0.3) is 10.9 Å². The van der Waals surface area contributed by atoms with Crippen molar-refractivity contribution >= 4 is 22.7 Å². The van der Waals surface area contributed by atoms with E-state index < -0.39 is 24.1 Å². The van der Waals surface area contributed by atoms with Crippen molar-refractivity contribution in [3.8, 4) is 11.5 Å². The van der Waals surface area contributed by atoms with Crippen molar-refractivity contribution in [2.24, 2.45) is 0 Å². The number of aromatic hydroxyl groups is 1. The van der Waals surface area contributed by atoms with Gasteiger partial charge in [-0.15, -0.1) is 0 Å². The van der Waals surface area contributed by atoms with E-state index in [9.17, 15) is 27.9 Å². The molecule has 3 rings (SSSR count). The molecule has 0 aliphatic carbocycles. The number of rotatable bonds is 6. The monoisotopic (exact) mass is 434 g/mol. The molecule has 6 nitrogen and oxygen atoms in total. The van der Waals surface area contributed by atoms with Crippen LogP contribution in [0.5, 0.6) is 11.5 Å². The van der Waals surface area contributed by atoms with E-state index in [-0.39, 0.29) is 35.2 Å². The SMILES string of the molecule is Cc1c(CC(=O)NC(C)C)c2cc(O)c(F)cc2n1C(=O)c1ccc(OC(F)F)cc1. The topological polar surface area (TPSA) is 80.6 Å². The van der Waals surface area contributed by atoms with E-state index in [2.05, 4.69) is 10.1 Å². The van der Waals surface area contributed by atoms with E-state index in [1.807, 2.05) is 0 Å². The number of fused-ring (bicyclic) bond motifs is 1. The lowest BCUT2D eigenvalue weighted by molar-refractivity contribution is -0.120. The summed E-state index contributed by atoms with van der Waals surface area (Å²) in [6.45, 7) is 2.23. The average molecular weight is 434 g/mol. The Morgan fingerprint density at radius 2 is 1.81 bits per heavy atom. The van der Waals surface area contributed by atoms with E-state index in [1.165, 1.54) is 34.9 Å². The number of carbonyl (C=O) groups is 2. The average Bonchev–Trinajstić information content (AvgIpc) is 2.92. The third-order valence-corrected chi connectivity index (χ3v) is 4.72. The Morgan fingerprint density at radius 3 is 2.39 bits per heavy atom. The third-order valence-electron chi connectivity index (χ3n) is 4.72. The second-order valence-electron chi connectivity index (χ2n) is 7.33. The van der Waals surface area contributed by atoms with Gasteiger partial charge in [0.15, 0.2) is 11.6 Å². The molecule has 0 saturated heterocycles. The quantitative estimate of drug-likeness (QED) is 0.611. The van der Waals surface area contributed by atoms with Crippen LogP contribution in [0.2, 0.25) is 0 Å². The first-order chi connectivity index (χ1) is 14.6. The van der Waals surface area contributed by atoms with Crippen LogP contribution in [0.15, 0.2) is 36.4 Å². The standard InChI is InChI=1S/C22H21F3N2O4/c1-11(2)26-20(29)9-15-12(3)27(18-10-17(23)19(28)8-16(15)18)21(30)13-4-6-14(7-5-13)31-22(24)25/h4-8,10-11,22,28H,9H2,1-3H3,(H,26,29). The number of carbonyl (C=O) groups excluding carboxylic acids is 2. The van der Waals surface area contributed by atoms with Crippen LogP contribution >= 0.6 is 0 Å². The van der Waals surface area contributed by atoms with Crippen LogP contribution in [0.1, 0.15) is 35.5 Å². The number of phenolic OH excluding ortho intramolecular Hbond substituents is 1. The fraction of sp³-hybridized carbons (Fsp3) is 0.273. The largest absolute Gasteiger partial charge is 0.505 e. The molecule has 0 saturated carbocycles. The molecule has 0 spiro atoms. The van der Waals surface area contributed by atoms with Crippen molar-refractivity contribution in [2.75, 3.05) is 0 Å². The van der Waals surface area contributed by atoms with Crippen LogP contribution in [0, 0.1) is 12.7 Å². The van der Waals surface area contributed by atoms with Gasteiger partial charge in [0.2, 0.25) is 5.91 Å². The molecule has 1 amide bonds. The van der Waals surface area contributed by atoms with E-state index >= 15 is 0 Å². The first-order valence-corrected chi connectivity index (χ1v) is 9.49. The summed E-state index contributed by atoms with van der Waals surface area (Å²) in [4.78, 5) is 25.5. The molecular weight excluding hydrogens is 413 g/mol. The van der Waals surface area contributed by atoms with E-state index in [0.717, 1.165) is 6.07 Å². The summed E-state index contributed by atoms with van der Waals surface area (Å²) in [6.07, 6.45) is -0.0764. The molecule has 0 unspecified atom stereocenters. The summed E-state index contributed by atoms with van der Waals surface area (Å²) in [5.41, 5.74) is 1.19. The number of benzene rings is 2. The summed E-state index contributed by atoms with van der Waals surface area (Å²) < 4.78 is 44.3. The molecule has 3 aromatic rings. The number of nitrogens with one attached hydrogen (secondary N) is 1. The lowest BCUT2D eigenvalue weighted by atomic mass is 10.1. The number of nitrogens with zero attached hydrogens (tertiary/aromatic N) is 1. The number of aromatic nitrogens is 1. The molecule has 31 heavy (non-hydrogen) atoms. The van der Waals surface area contributed by atoms with Gasteiger partial charge >= 0.3 is 6.61 Å². The van der Waals surface area contributed by atoms with Crippen molar-refractivity contribution < 1.29 is 32.6 Å². The maximum atomic E-state index is 14.1. The van der Waals surface area contributed by atoms with Gasteiger partial charge in [0, 0.05) is 28.8 Å². The number of hydrogen-bond donors (Lipinski definition) is 2. The smallest absolute Gasteiger partial charge is 0.387 e. The number of amides is 1. The zero-order chi connectivity index (χ0) is 22.9. The van der Waals surface area contributed by atoms with Gasteiger partial charge in [0.25, 0.3) is 5.91 Å². The van der Waals surface area contributed by atoms with Crippen molar-refractivity contribution in [2.45, 2.75) is 39.8 Å². The lowest BCUT2D eigenvalue weighted by Gasteiger charge is -2.10. The molecule has 0 fully saturated rings. The van der Waals surface area contributed by atoms with Crippen molar-refractivity contribution in [1.82, 2.24) is 9.88 Å². The van der Waals surface area contributed by atoms with Gasteiger partial charge in [-0.2, -0.15) is 8.78 Å². The zero-order valence-corrected chi connectivity index (χ0v) is 17.1. The Morgan fingerprint density at radius 1 is 1.16 bits per heavy atom. The fourth-order valence-electron chi connectivity index (χ4n) is 3.42.